The van der Waals surface area contributed by atoms with E-state index in [4.69, 9.17) is 0 Å². The number of nitrogens with zero attached hydrogens (tertiary/aromatic N) is 1. The number of phenolic OH excluding ortho intramolecular Hbond substituents is 1. The molecule has 0 saturated carbocycles. The molecule has 1 heterocycles. The van der Waals surface area contributed by atoms with Crippen LogP contribution in [-0.4, -0.2) is 27.7 Å². The van der Waals surface area contributed by atoms with Crippen LogP contribution in [0.2, 0.25) is 0 Å². The lowest BCUT2D eigenvalue weighted by Gasteiger charge is -2.13. The average molecular weight is 245 g/mol. The van der Waals surface area contributed by atoms with Crippen LogP contribution < -0.4 is 5.32 Å². The molecule has 0 aliphatic heterocycles. The molecule has 0 saturated heterocycles. The van der Waals surface area contributed by atoms with Crippen LogP contribution >= 0.6 is 0 Å². The molecule has 0 bridgehead atoms. The van der Waals surface area contributed by atoms with Crippen molar-refractivity contribution >= 4 is 0 Å². The van der Waals surface area contributed by atoms with Gasteiger partial charge in [-0.25, -0.2) is 4.98 Å². The Hall–Kier alpha value is -1.81. The smallest absolute Gasteiger partial charge is 0.115 e. The molecule has 1 unspecified atom stereocenters. The fourth-order valence-corrected chi connectivity index (χ4v) is 1.93. The number of imidazole rings is 1. The van der Waals surface area contributed by atoms with E-state index in [2.05, 4.69) is 22.2 Å². The minimum absolute atomic E-state index is 0.317. The molecule has 0 aliphatic rings. The van der Waals surface area contributed by atoms with Crippen molar-refractivity contribution in [1.82, 2.24) is 15.3 Å². The number of hydrogen-bond donors (Lipinski definition) is 3. The molecule has 4 nitrogen and oxygen atoms in total. The Kier molecular flexibility index (Phi) is 4.36. The van der Waals surface area contributed by atoms with Crippen LogP contribution in [0, 0.1) is 0 Å². The number of rotatable bonds is 6. The molecular weight excluding hydrogens is 226 g/mol. The highest BCUT2D eigenvalue weighted by atomic mass is 16.3. The Morgan fingerprint density at radius 2 is 2.11 bits per heavy atom. The summed E-state index contributed by atoms with van der Waals surface area (Å²) in [5, 5.41) is 12.7. The van der Waals surface area contributed by atoms with Gasteiger partial charge in [-0.3, -0.25) is 0 Å². The van der Waals surface area contributed by atoms with Gasteiger partial charge in [-0.2, -0.15) is 0 Å². The molecule has 0 amide bonds. The van der Waals surface area contributed by atoms with Crippen molar-refractivity contribution in [2.24, 2.45) is 0 Å². The van der Waals surface area contributed by atoms with Gasteiger partial charge in [-0.1, -0.05) is 12.1 Å². The van der Waals surface area contributed by atoms with E-state index in [1.165, 1.54) is 5.56 Å². The minimum atomic E-state index is 0.317. The summed E-state index contributed by atoms with van der Waals surface area (Å²) in [6.07, 6.45) is 5.48. The van der Waals surface area contributed by atoms with E-state index in [1.807, 2.05) is 18.3 Å². The quantitative estimate of drug-likeness (QED) is 0.728. The van der Waals surface area contributed by atoms with E-state index >= 15 is 0 Å². The predicted molar refractivity (Wildman–Crippen MR) is 71.6 cm³/mol. The first-order chi connectivity index (χ1) is 8.74. The maximum atomic E-state index is 9.21. The molecular formula is C14H19N3O. The Morgan fingerprint density at radius 3 is 2.78 bits per heavy atom. The fourth-order valence-electron chi connectivity index (χ4n) is 1.93. The normalized spacial score (nSPS) is 12.5. The number of nitrogens with one attached hydrogen (secondary N) is 2. The van der Waals surface area contributed by atoms with E-state index in [0.717, 1.165) is 25.2 Å². The Labute approximate surface area is 107 Å². The van der Waals surface area contributed by atoms with Crippen molar-refractivity contribution in [2.45, 2.75) is 25.8 Å². The van der Waals surface area contributed by atoms with Gasteiger partial charge in [0.2, 0.25) is 0 Å². The van der Waals surface area contributed by atoms with E-state index in [-0.39, 0.29) is 0 Å². The molecule has 1 atom stereocenters. The monoisotopic (exact) mass is 245 g/mol. The van der Waals surface area contributed by atoms with Gasteiger partial charge in [-0.15, -0.1) is 0 Å². The van der Waals surface area contributed by atoms with Crippen molar-refractivity contribution in [3.63, 3.8) is 0 Å². The van der Waals surface area contributed by atoms with Gasteiger partial charge in [0.15, 0.2) is 0 Å². The van der Waals surface area contributed by atoms with Gasteiger partial charge in [0, 0.05) is 31.4 Å². The Balaban J connectivity index is 1.71. The zero-order valence-corrected chi connectivity index (χ0v) is 10.6. The standard InChI is InChI=1S/C14H19N3O/c1-11(10-12-2-4-13(18)5-3-12)15-7-6-14-16-8-9-17-14/h2-5,8-9,11,15,18H,6-7,10H2,1H3,(H,16,17). The van der Waals surface area contributed by atoms with Crippen molar-refractivity contribution in [1.29, 1.82) is 0 Å². The van der Waals surface area contributed by atoms with Crippen molar-refractivity contribution in [3.8, 4) is 5.75 Å². The van der Waals surface area contributed by atoms with E-state index in [1.54, 1.807) is 18.3 Å². The van der Waals surface area contributed by atoms with Crippen LogP contribution in [0.25, 0.3) is 0 Å². The zero-order chi connectivity index (χ0) is 12.8. The Bertz CT molecular complexity index is 450. The van der Waals surface area contributed by atoms with Crippen LogP contribution in [0.1, 0.15) is 18.3 Å². The van der Waals surface area contributed by atoms with Crippen molar-refractivity contribution in [3.05, 3.63) is 48.0 Å². The lowest BCUT2D eigenvalue weighted by molar-refractivity contribution is 0.474. The molecule has 1 aromatic heterocycles. The second-order valence-electron chi connectivity index (χ2n) is 4.51. The summed E-state index contributed by atoms with van der Waals surface area (Å²) in [5.41, 5.74) is 1.23. The van der Waals surface area contributed by atoms with Crippen molar-refractivity contribution in [2.75, 3.05) is 6.54 Å². The first-order valence-corrected chi connectivity index (χ1v) is 6.23. The topological polar surface area (TPSA) is 60.9 Å². The van der Waals surface area contributed by atoms with Crippen LogP contribution in [0.15, 0.2) is 36.7 Å². The molecule has 4 heteroatoms. The maximum absolute atomic E-state index is 9.21. The molecule has 96 valence electrons. The summed E-state index contributed by atoms with van der Waals surface area (Å²) in [4.78, 5) is 7.27. The molecule has 0 radical (unpaired) electrons. The van der Waals surface area contributed by atoms with E-state index in [0.29, 0.717) is 11.8 Å². The second-order valence-corrected chi connectivity index (χ2v) is 4.51. The number of phenols is 1. The van der Waals surface area contributed by atoms with Gasteiger partial charge in [0.1, 0.15) is 11.6 Å². The van der Waals surface area contributed by atoms with Crippen LogP contribution in [0.4, 0.5) is 0 Å². The van der Waals surface area contributed by atoms with Crippen molar-refractivity contribution < 1.29 is 5.11 Å². The molecule has 1 aromatic carbocycles. The average Bonchev–Trinajstić information content (AvgIpc) is 2.85. The van der Waals surface area contributed by atoms with Gasteiger partial charge >= 0.3 is 0 Å². The van der Waals surface area contributed by atoms with Crippen LogP contribution in [-0.2, 0) is 12.8 Å². The van der Waals surface area contributed by atoms with Gasteiger partial charge in [-0.05, 0) is 31.0 Å². The second kappa shape index (κ2) is 6.21. The first kappa shape index (κ1) is 12.6. The first-order valence-electron chi connectivity index (χ1n) is 6.23. The van der Waals surface area contributed by atoms with E-state index in [9.17, 15) is 5.11 Å². The lowest BCUT2D eigenvalue weighted by Crippen LogP contribution is -2.30. The summed E-state index contributed by atoms with van der Waals surface area (Å²) >= 11 is 0. The summed E-state index contributed by atoms with van der Waals surface area (Å²) in [5.74, 6) is 1.33. The number of aromatic amines is 1. The van der Waals surface area contributed by atoms with Gasteiger partial charge in [0.25, 0.3) is 0 Å². The highest BCUT2D eigenvalue weighted by molar-refractivity contribution is 5.26. The molecule has 18 heavy (non-hydrogen) atoms. The summed E-state index contributed by atoms with van der Waals surface area (Å²) in [6, 6.07) is 7.78. The minimum Gasteiger partial charge on any atom is -0.508 e. The van der Waals surface area contributed by atoms with Gasteiger partial charge in [0.05, 0.1) is 0 Å². The highest BCUT2D eigenvalue weighted by Gasteiger charge is 2.03. The number of benzene rings is 1. The number of hydrogen-bond acceptors (Lipinski definition) is 3. The molecule has 2 aromatic rings. The summed E-state index contributed by atoms with van der Waals surface area (Å²) in [6.45, 7) is 3.07. The van der Waals surface area contributed by atoms with Gasteiger partial charge < -0.3 is 15.4 Å². The predicted octanol–water partition coefficient (Wildman–Crippen LogP) is 1.88. The lowest BCUT2D eigenvalue weighted by atomic mass is 10.1. The largest absolute Gasteiger partial charge is 0.508 e. The number of aromatic hydroxyl groups is 1. The highest BCUT2D eigenvalue weighted by Crippen LogP contribution is 2.11. The molecule has 2 rings (SSSR count). The third-order valence-corrected chi connectivity index (χ3v) is 2.89. The zero-order valence-electron chi connectivity index (χ0n) is 10.6. The van der Waals surface area contributed by atoms with Crippen LogP contribution in [0.5, 0.6) is 5.75 Å². The molecule has 0 fully saturated rings. The number of aromatic nitrogens is 2. The third kappa shape index (κ3) is 3.89. The summed E-state index contributed by atoms with van der Waals surface area (Å²) in [7, 11) is 0. The van der Waals surface area contributed by atoms with Crippen LogP contribution in [0.3, 0.4) is 0 Å². The maximum Gasteiger partial charge on any atom is 0.115 e. The SMILES string of the molecule is CC(Cc1ccc(O)cc1)NCCc1ncc[nH]1. The Morgan fingerprint density at radius 1 is 1.33 bits per heavy atom. The fraction of sp³-hybridized carbons (Fsp3) is 0.357. The summed E-state index contributed by atoms with van der Waals surface area (Å²) < 4.78 is 0. The molecule has 0 spiro atoms. The molecule has 0 aliphatic carbocycles. The third-order valence-electron chi connectivity index (χ3n) is 2.89. The number of H-pyrrole nitrogens is 1. The molecule has 3 N–H and O–H groups in total. The van der Waals surface area contributed by atoms with E-state index < -0.39 is 0 Å².